The predicted octanol–water partition coefficient (Wildman–Crippen LogP) is 2.00. The maximum Gasteiger partial charge on any atom is 0.0234 e. The molecule has 1 unspecified atom stereocenters. The van der Waals surface area contributed by atoms with Crippen LogP contribution in [0.2, 0.25) is 0 Å². The number of allylic oxidation sites excluding steroid dienone is 1. The van der Waals surface area contributed by atoms with E-state index in [1.165, 1.54) is 12.1 Å². The topological polar surface area (TPSA) is 12.4 Å². The largest absolute Gasteiger partial charge is 0.266 e. The molecule has 0 aromatic heterocycles. The number of hydrogen-bond donors (Lipinski definition) is 0. The van der Waals surface area contributed by atoms with Gasteiger partial charge in [-0.05, 0) is 13.3 Å². The van der Waals surface area contributed by atoms with Gasteiger partial charge >= 0.3 is 0 Å². The molecule has 1 heteroatoms. The SMILES string of the molecule is CCC1C=CN=C1C. The van der Waals surface area contributed by atoms with Crippen LogP contribution in [0.1, 0.15) is 20.3 Å². The molecule has 0 aromatic rings. The van der Waals surface area contributed by atoms with Gasteiger partial charge in [-0.2, -0.15) is 0 Å². The smallest absolute Gasteiger partial charge is 0.0234 e. The zero-order valence-electron chi connectivity index (χ0n) is 5.39. The Morgan fingerprint density at radius 2 is 2.50 bits per heavy atom. The first kappa shape index (κ1) is 5.54. The van der Waals surface area contributed by atoms with Crippen molar-refractivity contribution in [3.8, 4) is 0 Å². The maximum absolute atomic E-state index is 4.12. The Labute approximate surface area is 50.1 Å². The van der Waals surface area contributed by atoms with Gasteiger partial charge < -0.3 is 0 Å². The second-order valence-corrected chi connectivity index (χ2v) is 2.13. The van der Waals surface area contributed by atoms with Gasteiger partial charge in [-0.15, -0.1) is 0 Å². The van der Waals surface area contributed by atoms with Crippen molar-refractivity contribution in [2.75, 3.05) is 0 Å². The van der Waals surface area contributed by atoms with Gasteiger partial charge in [0.05, 0.1) is 0 Å². The average molecular weight is 109 g/mol. The molecule has 0 aliphatic carbocycles. The Morgan fingerprint density at radius 3 is 2.75 bits per heavy atom. The van der Waals surface area contributed by atoms with Crippen LogP contribution in [0.25, 0.3) is 0 Å². The average Bonchev–Trinajstić information content (AvgIpc) is 2.14. The minimum Gasteiger partial charge on any atom is -0.266 e. The van der Waals surface area contributed by atoms with Gasteiger partial charge in [0.2, 0.25) is 0 Å². The highest BCUT2D eigenvalue weighted by Crippen LogP contribution is 2.12. The highest BCUT2D eigenvalue weighted by atomic mass is 14.7. The third-order valence-corrected chi connectivity index (χ3v) is 1.57. The van der Waals surface area contributed by atoms with Gasteiger partial charge in [0.1, 0.15) is 0 Å². The standard InChI is InChI=1S/C7H11N/c1-3-7-4-5-8-6(7)2/h4-5,7H,3H2,1-2H3. The minimum absolute atomic E-state index is 0.634. The molecule has 1 heterocycles. The molecule has 0 N–H and O–H groups in total. The summed E-state index contributed by atoms with van der Waals surface area (Å²) in [5, 5.41) is 0. The van der Waals surface area contributed by atoms with Gasteiger partial charge in [0, 0.05) is 17.8 Å². The van der Waals surface area contributed by atoms with Crippen LogP contribution in [-0.2, 0) is 0 Å². The van der Waals surface area contributed by atoms with Crippen LogP contribution in [0.4, 0.5) is 0 Å². The third kappa shape index (κ3) is 0.808. The van der Waals surface area contributed by atoms with Gasteiger partial charge in [-0.1, -0.05) is 13.0 Å². The maximum atomic E-state index is 4.12. The van der Waals surface area contributed by atoms with Crippen molar-refractivity contribution in [3.63, 3.8) is 0 Å². The van der Waals surface area contributed by atoms with Crippen LogP contribution in [0.15, 0.2) is 17.3 Å². The van der Waals surface area contributed by atoms with Crippen LogP contribution in [0.3, 0.4) is 0 Å². The minimum atomic E-state index is 0.634. The Balaban J connectivity index is 2.58. The summed E-state index contributed by atoms with van der Waals surface area (Å²) in [6, 6.07) is 0. The lowest BCUT2D eigenvalue weighted by Crippen LogP contribution is -2.01. The van der Waals surface area contributed by atoms with Crippen LogP contribution in [0.5, 0.6) is 0 Å². The summed E-state index contributed by atoms with van der Waals surface area (Å²) in [5.74, 6) is 0.634. The molecule has 0 fully saturated rings. The lowest BCUT2D eigenvalue weighted by atomic mass is 10.0. The molecular weight excluding hydrogens is 98.1 g/mol. The van der Waals surface area contributed by atoms with E-state index in [1.807, 2.05) is 6.20 Å². The number of rotatable bonds is 1. The monoisotopic (exact) mass is 109 g/mol. The van der Waals surface area contributed by atoms with Gasteiger partial charge in [0.25, 0.3) is 0 Å². The first-order valence-electron chi connectivity index (χ1n) is 3.05. The number of nitrogens with zero attached hydrogens (tertiary/aromatic N) is 1. The molecule has 1 nitrogen and oxygen atoms in total. The van der Waals surface area contributed by atoms with E-state index in [4.69, 9.17) is 0 Å². The Morgan fingerprint density at radius 1 is 1.75 bits per heavy atom. The quantitative estimate of drug-likeness (QED) is 0.488. The van der Waals surface area contributed by atoms with Gasteiger partial charge in [-0.25, -0.2) is 0 Å². The lowest BCUT2D eigenvalue weighted by Gasteiger charge is -2.00. The van der Waals surface area contributed by atoms with Gasteiger partial charge in [0.15, 0.2) is 0 Å². The van der Waals surface area contributed by atoms with E-state index < -0.39 is 0 Å². The zero-order valence-corrected chi connectivity index (χ0v) is 5.39. The molecule has 1 aliphatic heterocycles. The van der Waals surface area contributed by atoms with E-state index in [0.29, 0.717) is 5.92 Å². The van der Waals surface area contributed by atoms with Crippen LogP contribution < -0.4 is 0 Å². The van der Waals surface area contributed by atoms with Gasteiger partial charge in [-0.3, -0.25) is 4.99 Å². The summed E-state index contributed by atoms with van der Waals surface area (Å²) < 4.78 is 0. The van der Waals surface area contributed by atoms with Crippen molar-refractivity contribution in [2.45, 2.75) is 20.3 Å². The highest BCUT2D eigenvalue weighted by molar-refractivity contribution is 5.88. The molecule has 1 rings (SSSR count). The first-order chi connectivity index (χ1) is 3.84. The Kier molecular flexibility index (Phi) is 1.47. The van der Waals surface area contributed by atoms with Crippen LogP contribution in [-0.4, -0.2) is 5.71 Å². The molecule has 1 aliphatic rings. The van der Waals surface area contributed by atoms with E-state index in [0.717, 1.165) is 0 Å². The fourth-order valence-electron chi connectivity index (χ4n) is 0.931. The molecule has 0 spiro atoms. The number of hydrogen-bond acceptors (Lipinski definition) is 1. The summed E-state index contributed by atoms with van der Waals surface area (Å²) in [5.41, 5.74) is 1.26. The van der Waals surface area contributed by atoms with Crippen molar-refractivity contribution in [3.05, 3.63) is 12.3 Å². The molecular formula is C7H11N. The fraction of sp³-hybridized carbons (Fsp3) is 0.571. The summed E-state index contributed by atoms with van der Waals surface area (Å²) in [4.78, 5) is 4.12. The summed E-state index contributed by atoms with van der Waals surface area (Å²) in [6.45, 7) is 4.26. The van der Waals surface area contributed by atoms with E-state index in [2.05, 4.69) is 24.9 Å². The van der Waals surface area contributed by atoms with Crippen molar-refractivity contribution < 1.29 is 0 Å². The van der Waals surface area contributed by atoms with Crippen molar-refractivity contribution in [2.24, 2.45) is 10.9 Å². The molecule has 44 valence electrons. The molecule has 0 bridgehead atoms. The molecule has 1 atom stereocenters. The van der Waals surface area contributed by atoms with Crippen molar-refractivity contribution in [1.82, 2.24) is 0 Å². The summed E-state index contributed by atoms with van der Waals surface area (Å²) in [6.07, 6.45) is 5.23. The Hall–Kier alpha value is -0.590. The molecule has 0 amide bonds. The summed E-state index contributed by atoms with van der Waals surface area (Å²) in [7, 11) is 0. The fourth-order valence-corrected chi connectivity index (χ4v) is 0.931. The first-order valence-corrected chi connectivity index (χ1v) is 3.05. The van der Waals surface area contributed by atoms with Crippen molar-refractivity contribution in [1.29, 1.82) is 0 Å². The Bertz CT molecular complexity index is 133. The van der Waals surface area contributed by atoms with E-state index in [1.54, 1.807) is 0 Å². The zero-order chi connectivity index (χ0) is 5.98. The summed E-state index contributed by atoms with van der Waals surface area (Å²) >= 11 is 0. The molecule has 0 aromatic carbocycles. The predicted molar refractivity (Wildman–Crippen MR) is 36.0 cm³/mol. The van der Waals surface area contributed by atoms with Crippen LogP contribution in [0, 0.1) is 5.92 Å². The molecule has 0 saturated heterocycles. The van der Waals surface area contributed by atoms with E-state index in [9.17, 15) is 0 Å². The van der Waals surface area contributed by atoms with E-state index >= 15 is 0 Å². The highest BCUT2D eigenvalue weighted by Gasteiger charge is 2.07. The molecule has 0 saturated carbocycles. The lowest BCUT2D eigenvalue weighted by molar-refractivity contribution is 0.825. The van der Waals surface area contributed by atoms with E-state index in [-0.39, 0.29) is 0 Å². The second kappa shape index (κ2) is 2.12. The molecule has 8 heavy (non-hydrogen) atoms. The molecule has 0 radical (unpaired) electrons. The second-order valence-electron chi connectivity index (χ2n) is 2.13. The third-order valence-electron chi connectivity index (χ3n) is 1.57. The van der Waals surface area contributed by atoms with Crippen LogP contribution >= 0.6 is 0 Å². The van der Waals surface area contributed by atoms with Crippen molar-refractivity contribution >= 4 is 5.71 Å². The number of aliphatic imine (C=N–C) groups is 1. The normalized spacial score (nSPS) is 26.2.